The third-order valence-corrected chi connectivity index (χ3v) is 2.95. The van der Waals surface area contributed by atoms with Gasteiger partial charge < -0.3 is 5.32 Å². The zero-order valence-electron chi connectivity index (χ0n) is 9.93. The highest BCUT2D eigenvalue weighted by molar-refractivity contribution is 5.78. The van der Waals surface area contributed by atoms with Crippen molar-refractivity contribution in [3.05, 3.63) is 0 Å². The van der Waals surface area contributed by atoms with Gasteiger partial charge >= 0.3 is 0 Å². The van der Waals surface area contributed by atoms with Crippen LogP contribution in [0.1, 0.15) is 45.4 Å². The molecule has 0 radical (unpaired) electrons. The molecule has 88 valence electrons. The number of rotatable bonds is 7. The summed E-state index contributed by atoms with van der Waals surface area (Å²) in [4.78, 5) is 13.4. The standard InChI is InChI=1S/C12H24N2O/c1-2-3-4-5-6-7-9-14-10-8-13-12(15)11-14/h2-11H2,1H3,(H,13,15). The Labute approximate surface area is 93.2 Å². The van der Waals surface area contributed by atoms with Crippen LogP contribution < -0.4 is 5.32 Å². The predicted octanol–water partition coefficient (Wildman–Crippen LogP) is 1.78. The quantitative estimate of drug-likeness (QED) is 0.652. The Hall–Kier alpha value is -0.570. The normalized spacial score (nSPS) is 17.8. The van der Waals surface area contributed by atoms with Crippen molar-refractivity contribution in [2.45, 2.75) is 45.4 Å². The molecule has 1 amide bonds. The molecule has 0 aromatic carbocycles. The minimum absolute atomic E-state index is 0.187. The lowest BCUT2D eigenvalue weighted by Gasteiger charge is -2.26. The highest BCUT2D eigenvalue weighted by Crippen LogP contribution is 2.06. The van der Waals surface area contributed by atoms with Crippen molar-refractivity contribution in [3.63, 3.8) is 0 Å². The first-order valence-electron chi connectivity index (χ1n) is 6.32. The SMILES string of the molecule is CCCCCCCCN1CCNC(=O)C1. The second-order valence-electron chi connectivity index (χ2n) is 4.39. The summed E-state index contributed by atoms with van der Waals surface area (Å²) in [5.74, 6) is 0.187. The molecule has 0 aromatic rings. The van der Waals surface area contributed by atoms with Crippen LogP contribution in [0.5, 0.6) is 0 Å². The van der Waals surface area contributed by atoms with Crippen LogP contribution in [0, 0.1) is 0 Å². The number of nitrogens with zero attached hydrogens (tertiary/aromatic N) is 1. The van der Waals surface area contributed by atoms with Crippen LogP contribution in [0.2, 0.25) is 0 Å². The number of hydrogen-bond donors (Lipinski definition) is 1. The Morgan fingerprint density at radius 3 is 2.67 bits per heavy atom. The van der Waals surface area contributed by atoms with E-state index in [0.717, 1.165) is 19.6 Å². The largest absolute Gasteiger partial charge is 0.354 e. The van der Waals surface area contributed by atoms with E-state index in [0.29, 0.717) is 6.54 Å². The van der Waals surface area contributed by atoms with E-state index in [4.69, 9.17) is 0 Å². The lowest BCUT2D eigenvalue weighted by molar-refractivity contribution is -0.124. The molecule has 1 N–H and O–H groups in total. The van der Waals surface area contributed by atoms with Gasteiger partial charge in [0, 0.05) is 13.1 Å². The minimum atomic E-state index is 0.187. The fraction of sp³-hybridized carbons (Fsp3) is 0.917. The molecule has 3 nitrogen and oxygen atoms in total. The van der Waals surface area contributed by atoms with E-state index in [1.165, 1.54) is 38.5 Å². The van der Waals surface area contributed by atoms with Crippen molar-refractivity contribution in [2.75, 3.05) is 26.2 Å². The molecular weight excluding hydrogens is 188 g/mol. The van der Waals surface area contributed by atoms with Crippen LogP contribution >= 0.6 is 0 Å². The van der Waals surface area contributed by atoms with E-state index in [1.807, 2.05) is 0 Å². The number of unbranched alkanes of at least 4 members (excludes halogenated alkanes) is 5. The first-order chi connectivity index (χ1) is 7.33. The second kappa shape index (κ2) is 7.69. The second-order valence-corrected chi connectivity index (χ2v) is 4.39. The minimum Gasteiger partial charge on any atom is -0.354 e. The summed E-state index contributed by atoms with van der Waals surface area (Å²) < 4.78 is 0. The summed E-state index contributed by atoms with van der Waals surface area (Å²) in [7, 11) is 0. The van der Waals surface area contributed by atoms with Crippen molar-refractivity contribution in [1.29, 1.82) is 0 Å². The first-order valence-corrected chi connectivity index (χ1v) is 6.32. The van der Waals surface area contributed by atoms with Crippen molar-refractivity contribution in [1.82, 2.24) is 10.2 Å². The molecule has 1 aliphatic rings. The smallest absolute Gasteiger partial charge is 0.234 e. The van der Waals surface area contributed by atoms with Gasteiger partial charge in [0.1, 0.15) is 0 Å². The molecule has 1 saturated heterocycles. The summed E-state index contributed by atoms with van der Waals surface area (Å²) in [5.41, 5.74) is 0. The average Bonchev–Trinajstić information content (AvgIpc) is 2.23. The molecule has 0 aliphatic carbocycles. The van der Waals surface area contributed by atoms with Crippen molar-refractivity contribution in [3.8, 4) is 0 Å². The van der Waals surface area contributed by atoms with Gasteiger partial charge in [-0.1, -0.05) is 39.0 Å². The maximum absolute atomic E-state index is 11.1. The Kier molecular flexibility index (Phi) is 6.41. The van der Waals surface area contributed by atoms with Gasteiger partial charge in [0.05, 0.1) is 6.54 Å². The first kappa shape index (κ1) is 12.5. The Bertz CT molecular complexity index is 182. The van der Waals surface area contributed by atoms with Crippen LogP contribution in [-0.4, -0.2) is 37.0 Å². The lowest BCUT2D eigenvalue weighted by Crippen LogP contribution is -2.47. The number of carbonyl (C=O) groups excluding carboxylic acids is 1. The van der Waals surface area contributed by atoms with E-state index in [9.17, 15) is 4.79 Å². The van der Waals surface area contributed by atoms with Gasteiger partial charge in [-0.3, -0.25) is 9.69 Å². The van der Waals surface area contributed by atoms with Gasteiger partial charge in [-0.25, -0.2) is 0 Å². The molecule has 0 spiro atoms. The van der Waals surface area contributed by atoms with E-state index in [-0.39, 0.29) is 5.91 Å². The van der Waals surface area contributed by atoms with Crippen molar-refractivity contribution in [2.24, 2.45) is 0 Å². The van der Waals surface area contributed by atoms with E-state index < -0.39 is 0 Å². The number of carbonyl (C=O) groups is 1. The van der Waals surface area contributed by atoms with Gasteiger partial charge in [-0.2, -0.15) is 0 Å². The lowest BCUT2D eigenvalue weighted by atomic mass is 10.1. The molecule has 1 rings (SSSR count). The maximum atomic E-state index is 11.1. The van der Waals surface area contributed by atoms with Crippen LogP contribution in [-0.2, 0) is 4.79 Å². The van der Waals surface area contributed by atoms with Gasteiger partial charge in [0.2, 0.25) is 5.91 Å². The molecule has 0 saturated carbocycles. The Morgan fingerprint density at radius 2 is 1.93 bits per heavy atom. The zero-order valence-corrected chi connectivity index (χ0v) is 9.93. The molecule has 0 atom stereocenters. The third kappa shape index (κ3) is 5.78. The molecule has 15 heavy (non-hydrogen) atoms. The monoisotopic (exact) mass is 212 g/mol. The highest BCUT2D eigenvalue weighted by Gasteiger charge is 2.14. The molecule has 1 fully saturated rings. The molecule has 1 heterocycles. The molecule has 0 unspecified atom stereocenters. The summed E-state index contributed by atoms with van der Waals surface area (Å²) in [6.07, 6.45) is 7.97. The van der Waals surface area contributed by atoms with Gasteiger partial charge in [0.25, 0.3) is 0 Å². The summed E-state index contributed by atoms with van der Waals surface area (Å²) in [5, 5.41) is 2.85. The van der Waals surface area contributed by atoms with Crippen LogP contribution in [0.4, 0.5) is 0 Å². The van der Waals surface area contributed by atoms with Gasteiger partial charge in [-0.05, 0) is 13.0 Å². The summed E-state index contributed by atoms with van der Waals surface area (Å²) >= 11 is 0. The van der Waals surface area contributed by atoms with Crippen LogP contribution in [0.25, 0.3) is 0 Å². The van der Waals surface area contributed by atoms with Crippen LogP contribution in [0.15, 0.2) is 0 Å². The van der Waals surface area contributed by atoms with Crippen molar-refractivity contribution >= 4 is 5.91 Å². The highest BCUT2D eigenvalue weighted by atomic mass is 16.2. The maximum Gasteiger partial charge on any atom is 0.234 e. The Balaban J connectivity index is 1.92. The number of piperazine rings is 1. The molecule has 0 aromatic heterocycles. The summed E-state index contributed by atoms with van der Waals surface area (Å²) in [6.45, 7) is 5.80. The summed E-state index contributed by atoms with van der Waals surface area (Å²) in [6, 6.07) is 0. The fourth-order valence-corrected chi connectivity index (χ4v) is 2.00. The van der Waals surface area contributed by atoms with E-state index in [1.54, 1.807) is 0 Å². The van der Waals surface area contributed by atoms with Crippen LogP contribution in [0.3, 0.4) is 0 Å². The topological polar surface area (TPSA) is 32.3 Å². The molecular formula is C12H24N2O. The van der Waals surface area contributed by atoms with E-state index in [2.05, 4.69) is 17.1 Å². The van der Waals surface area contributed by atoms with Gasteiger partial charge in [0.15, 0.2) is 0 Å². The molecule has 1 aliphatic heterocycles. The predicted molar refractivity (Wildman–Crippen MR) is 62.8 cm³/mol. The fourth-order valence-electron chi connectivity index (χ4n) is 2.00. The zero-order chi connectivity index (χ0) is 10.9. The number of hydrogen-bond acceptors (Lipinski definition) is 2. The third-order valence-electron chi connectivity index (χ3n) is 2.95. The number of amides is 1. The van der Waals surface area contributed by atoms with E-state index >= 15 is 0 Å². The van der Waals surface area contributed by atoms with Gasteiger partial charge in [-0.15, -0.1) is 0 Å². The average molecular weight is 212 g/mol. The number of nitrogens with one attached hydrogen (secondary N) is 1. The van der Waals surface area contributed by atoms with Crippen molar-refractivity contribution < 1.29 is 4.79 Å². The molecule has 3 heteroatoms. The Morgan fingerprint density at radius 1 is 1.20 bits per heavy atom. The molecule has 0 bridgehead atoms.